The van der Waals surface area contributed by atoms with Crippen LogP contribution in [0.2, 0.25) is 0 Å². The van der Waals surface area contributed by atoms with Crippen molar-refractivity contribution in [1.82, 2.24) is 19.6 Å². The van der Waals surface area contributed by atoms with E-state index in [1.165, 1.54) is 33.4 Å². The standard InChI is InChI=1S/C18H22N4/c1-13-14(2)18(12-22-10-6-8-20-22)16(4)15(3)17(13)11-21-9-5-7-19-21/h5-10H,11-12H2,1-4H3. The molecule has 0 N–H and O–H groups in total. The molecular formula is C18H22N4. The molecule has 2 aromatic heterocycles. The summed E-state index contributed by atoms with van der Waals surface area (Å²) in [7, 11) is 0. The first kappa shape index (κ1) is 14.6. The van der Waals surface area contributed by atoms with Gasteiger partial charge in [0, 0.05) is 24.8 Å². The highest BCUT2D eigenvalue weighted by molar-refractivity contribution is 5.50. The molecule has 2 heterocycles. The second-order valence-electron chi connectivity index (χ2n) is 5.86. The Morgan fingerprint density at radius 2 is 1.05 bits per heavy atom. The van der Waals surface area contributed by atoms with Crippen molar-refractivity contribution < 1.29 is 0 Å². The zero-order chi connectivity index (χ0) is 15.7. The van der Waals surface area contributed by atoms with Gasteiger partial charge in [-0.2, -0.15) is 10.2 Å². The minimum absolute atomic E-state index is 0.828. The summed E-state index contributed by atoms with van der Waals surface area (Å²) in [5.74, 6) is 0. The highest BCUT2D eigenvalue weighted by Crippen LogP contribution is 2.27. The maximum atomic E-state index is 4.34. The lowest BCUT2D eigenvalue weighted by atomic mass is 9.89. The molecule has 0 aliphatic heterocycles. The monoisotopic (exact) mass is 294 g/mol. The average Bonchev–Trinajstić information content (AvgIpc) is 3.19. The second kappa shape index (κ2) is 5.79. The smallest absolute Gasteiger partial charge is 0.0664 e. The summed E-state index contributed by atoms with van der Waals surface area (Å²) in [6.07, 6.45) is 7.69. The van der Waals surface area contributed by atoms with Gasteiger partial charge in [0.1, 0.15) is 0 Å². The quantitative estimate of drug-likeness (QED) is 0.739. The third-order valence-corrected chi connectivity index (χ3v) is 4.69. The molecule has 0 atom stereocenters. The Balaban J connectivity index is 2.04. The molecule has 0 saturated heterocycles. The van der Waals surface area contributed by atoms with Crippen molar-refractivity contribution in [2.75, 3.05) is 0 Å². The number of rotatable bonds is 4. The van der Waals surface area contributed by atoms with Gasteiger partial charge in [0.25, 0.3) is 0 Å². The predicted molar refractivity (Wildman–Crippen MR) is 88.0 cm³/mol. The zero-order valence-electron chi connectivity index (χ0n) is 13.7. The molecule has 0 spiro atoms. The molecule has 0 amide bonds. The van der Waals surface area contributed by atoms with Gasteiger partial charge in [-0.15, -0.1) is 0 Å². The molecule has 0 fully saturated rings. The molecule has 4 nitrogen and oxygen atoms in total. The van der Waals surface area contributed by atoms with Crippen molar-refractivity contribution in [2.24, 2.45) is 0 Å². The van der Waals surface area contributed by atoms with E-state index in [-0.39, 0.29) is 0 Å². The van der Waals surface area contributed by atoms with E-state index in [0.29, 0.717) is 0 Å². The fourth-order valence-corrected chi connectivity index (χ4v) is 3.05. The minimum atomic E-state index is 0.828. The van der Waals surface area contributed by atoms with Gasteiger partial charge < -0.3 is 0 Å². The Labute approximate surface area is 131 Å². The lowest BCUT2D eigenvalue weighted by Crippen LogP contribution is -2.12. The fourth-order valence-electron chi connectivity index (χ4n) is 3.05. The molecule has 22 heavy (non-hydrogen) atoms. The summed E-state index contributed by atoms with van der Waals surface area (Å²) in [4.78, 5) is 0. The lowest BCUT2D eigenvalue weighted by Gasteiger charge is -2.21. The molecule has 4 heteroatoms. The Hall–Kier alpha value is -2.36. The maximum Gasteiger partial charge on any atom is 0.0664 e. The van der Waals surface area contributed by atoms with E-state index in [9.17, 15) is 0 Å². The average molecular weight is 294 g/mol. The van der Waals surface area contributed by atoms with Crippen molar-refractivity contribution in [2.45, 2.75) is 40.8 Å². The van der Waals surface area contributed by atoms with Gasteiger partial charge in [-0.1, -0.05) is 0 Å². The van der Waals surface area contributed by atoms with Crippen molar-refractivity contribution >= 4 is 0 Å². The number of benzene rings is 1. The van der Waals surface area contributed by atoms with Crippen LogP contribution in [0.5, 0.6) is 0 Å². The molecule has 0 saturated carbocycles. The number of hydrogen-bond acceptors (Lipinski definition) is 2. The van der Waals surface area contributed by atoms with Crippen LogP contribution in [0.15, 0.2) is 36.9 Å². The lowest BCUT2D eigenvalue weighted by molar-refractivity contribution is 0.667. The summed E-state index contributed by atoms with van der Waals surface area (Å²) in [6, 6.07) is 3.94. The van der Waals surface area contributed by atoms with Crippen LogP contribution in [0, 0.1) is 27.7 Å². The van der Waals surface area contributed by atoms with Crippen LogP contribution < -0.4 is 0 Å². The van der Waals surface area contributed by atoms with E-state index in [4.69, 9.17) is 0 Å². The van der Waals surface area contributed by atoms with Crippen LogP contribution in [0.4, 0.5) is 0 Å². The third kappa shape index (κ3) is 2.56. The van der Waals surface area contributed by atoms with Crippen LogP contribution >= 0.6 is 0 Å². The van der Waals surface area contributed by atoms with Crippen LogP contribution in [-0.2, 0) is 13.1 Å². The summed E-state index contributed by atoms with van der Waals surface area (Å²) in [5, 5.41) is 8.68. The number of aromatic nitrogens is 4. The van der Waals surface area contributed by atoms with Gasteiger partial charge in [-0.3, -0.25) is 9.36 Å². The van der Waals surface area contributed by atoms with Crippen molar-refractivity contribution in [3.8, 4) is 0 Å². The maximum absolute atomic E-state index is 4.34. The highest BCUT2D eigenvalue weighted by atomic mass is 15.3. The normalized spacial score (nSPS) is 11.1. The van der Waals surface area contributed by atoms with E-state index in [1.807, 2.05) is 46.3 Å². The zero-order valence-corrected chi connectivity index (χ0v) is 13.7. The molecule has 114 valence electrons. The molecule has 0 aliphatic carbocycles. The molecule has 0 aliphatic rings. The summed E-state index contributed by atoms with van der Waals surface area (Å²) in [5.41, 5.74) is 8.20. The molecule has 3 aromatic rings. The summed E-state index contributed by atoms with van der Waals surface area (Å²) in [6.45, 7) is 10.5. The van der Waals surface area contributed by atoms with Crippen LogP contribution in [-0.4, -0.2) is 19.6 Å². The van der Waals surface area contributed by atoms with Gasteiger partial charge in [0.05, 0.1) is 13.1 Å². The largest absolute Gasteiger partial charge is 0.268 e. The molecular weight excluding hydrogens is 272 g/mol. The number of nitrogens with zero attached hydrogens (tertiary/aromatic N) is 4. The molecule has 0 bridgehead atoms. The van der Waals surface area contributed by atoms with Gasteiger partial charge in [-0.25, -0.2) is 0 Å². The van der Waals surface area contributed by atoms with E-state index in [0.717, 1.165) is 13.1 Å². The Morgan fingerprint density at radius 3 is 1.32 bits per heavy atom. The Kier molecular flexibility index (Phi) is 3.84. The highest BCUT2D eigenvalue weighted by Gasteiger charge is 2.15. The first-order chi connectivity index (χ1) is 10.6. The van der Waals surface area contributed by atoms with E-state index in [2.05, 4.69) is 37.9 Å². The first-order valence-electron chi connectivity index (χ1n) is 7.61. The molecule has 3 rings (SSSR count). The van der Waals surface area contributed by atoms with Crippen LogP contribution in [0.1, 0.15) is 33.4 Å². The van der Waals surface area contributed by atoms with Crippen molar-refractivity contribution in [3.63, 3.8) is 0 Å². The van der Waals surface area contributed by atoms with Gasteiger partial charge >= 0.3 is 0 Å². The van der Waals surface area contributed by atoms with Gasteiger partial charge in [-0.05, 0) is 73.2 Å². The molecule has 0 radical (unpaired) electrons. The predicted octanol–water partition coefficient (Wildman–Crippen LogP) is 3.41. The second-order valence-corrected chi connectivity index (χ2v) is 5.86. The van der Waals surface area contributed by atoms with E-state index in [1.54, 1.807) is 0 Å². The van der Waals surface area contributed by atoms with Crippen LogP contribution in [0.25, 0.3) is 0 Å². The van der Waals surface area contributed by atoms with Crippen molar-refractivity contribution in [3.05, 3.63) is 70.3 Å². The van der Waals surface area contributed by atoms with Gasteiger partial charge in [0.15, 0.2) is 0 Å². The summed E-state index contributed by atoms with van der Waals surface area (Å²) < 4.78 is 3.97. The molecule has 0 unspecified atom stereocenters. The summed E-state index contributed by atoms with van der Waals surface area (Å²) >= 11 is 0. The topological polar surface area (TPSA) is 35.6 Å². The number of hydrogen-bond donors (Lipinski definition) is 0. The van der Waals surface area contributed by atoms with Crippen LogP contribution in [0.3, 0.4) is 0 Å². The Morgan fingerprint density at radius 1 is 0.682 bits per heavy atom. The molecule has 1 aromatic carbocycles. The van der Waals surface area contributed by atoms with Crippen molar-refractivity contribution in [1.29, 1.82) is 0 Å². The third-order valence-electron chi connectivity index (χ3n) is 4.69. The van der Waals surface area contributed by atoms with E-state index >= 15 is 0 Å². The minimum Gasteiger partial charge on any atom is -0.268 e. The van der Waals surface area contributed by atoms with E-state index < -0.39 is 0 Å². The fraction of sp³-hybridized carbons (Fsp3) is 0.333. The Bertz CT molecular complexity index is 672. The first-order valence-corrected chi connectivity index (χ1v) is 7.61. The SMILES string of the molecule is Cc1c(C)c(Cn2cccn2)c(C)c(C)c1Cn1cccn1. The van der Waals surface area contributed by atoms with Gasteiger partial charge in [0.2, 0.25) is 0 Å².